The Morgan fingerprint density at radius 2 is 1.20 bits per heavy atom. The molecule has 0 aromatic rings. The molecule has 0 fully saturated rings. The van der Waals surface area contributed by atoms with E-state index in [1.807, 2.05) is 0 Å². The van der Waals surface area contributed by atoms with Crippen LogP contribution in [0.1, 0.15) is 27.7 Å². The Bertz CT molecular complexity index is 54.3. The molecule has 0 aliphatic carbocycles. The normalized spacial score (nSPS) is 9.80. The van der Waals surface area contributed by atoms with Crippen molar-refractivity contribution in [2.24, 2.45) is 11.8 Å². The maximum atomic E-state index is 2.33. The first kappa shape index (κ1) is 14.1. The second kappa shape index (κ2) is 8.63. The van der Waals surface area contributed by atoms with Crippen LogP contribution in [0.3, 0.4) is 0 Å². The van der Waals surface area contributed by atoms with Crippen molar-refractivity contribution in [2.45, 2.75) is 38.3 Å². The monoisotopic (exact) mass is 165 g/mol. The third kappa shape index (κ3) is 12.2. The fraction of sp³-hybridized carbons (Fsp3) is 1.00. The Kier molecular flexibility index (Phi) is 12.1. The predicted octanol–water partition coefficient (Wildman–Crippen LogP) is 2.19. The van der Waals surface area contributed by atoms with Gasteiger partial charge in [-0.3, -0.25) is 0 Å². The van der Waals surface area contributed by atoms with Crippen LogP contribution < -0.4 is 0 Å². The fourth-order valence-corrected chi connectivity index (χ4v) is 2.80. The Morgan fingerprint density at radius 3 is 1.40 bits per heavy atom. The van der Waals surface area contributed by atoms with E-state index in [4.69, 9.17) is 0 Å². The predicted molar refractivity (Wildman–Crippen MR) is 52.2 cm³/mol. The third-order valence-corrected chi connectivity index (χ3v) is 4.69. The van der Waals surface area contributed by atoms with Gasteiger partial charge in [0.2, 0.25) is 15.2 Å². The first-order valence-electron chi connectivity index (χ1n) is 4.13. The van der Waals surface area contributed by atoms with Gasteiger partial charge in [0.05, 0.1) is 0 Å². The fourth-order valence-electron chi connectivity index (χ4n) is 0.934. The van der Waals surface area contributed by atoms with Crippen LogP contribution in [0.5, 0.6) is 0 Å². The summed E-state index contributed by atoms with van der Waals surface area (Å²) in [7, 11) is 0. The Labute approximate surface area is 94.2 Å². The molecule has 0 aromatic heterocycles. The van der Waals surface area contributed by atoms with E-state index in [0.717, 1.165) is 11.8 Å². The van der Waals surface area contributed by atoms with Crippen LogP contribution in [0.4, 0.5) is 0 Å². The van der Waals surface area contributed by atoms with Crippen LogP contribution in [0.25, 0.3) is 0 Å². The molecule has 0 unspecified atom stereocenters. The quantitative estimate of drug-likeness (QED) is 0.560. The molecule has 0 saturated carbocycles. The summed E-state index contributed by atoms with van der Waals surface area (Å²) in [5.74, 6) is 1.91. The van der Waals surface area contributed by atoms with E-state index in [9.17, 15) is 0 Å². The Balaban J connectivity index is 0. The van der Waals surface area contributed by atoms with Gasteiger partial charge in [-0.05, 0) is 0 Å². The van der Waals surface area contributed by atoms with Gasteiger partial charge in [-0.2, -0.15) is 0 Å². The third-order valence-electron chi connectivity index (χ3n) is 1.56. The molecule has 10 heavy (non-hydrogen) atoms. The zero-order valence-electron chi connectivity index (χ0n) is 8.28. The van der Waals surface area contributed by atoms with Crippen LogP contribution >= 0.6 is 0 Å². The van der Waals surface area contributed by atoms with Gasteiger partial charge in [-0.25, -0.2) is 0 Å². The summed E-state index contributed by atoms with van der Waals surface area (Å²) in [4.78, 5) is 0. The molecule has 0 aromatic carbocycles. The van der Waals surface area contributed by atoms with Crippen molar-refractivity contribution < 1.29 is 0 Å². The molecule has 0 N–H and O–H groups in total. The van der Waals surface area contributed by atoms with Crippen molar-refractivity contribution in [1.82, 2.24) is 0 Å². The molecule has 0 aliphatic rings. The standard InChI is InChI=1S/2C4H9.Al.Na.H/c2*1-4(2)3;;;/h2*4H,1H2,2-3H3;;;. The van der Waals surface area contributed by atoms with E-state index in [0.29, 0.717) is 15.2 Å². The molecule has 0 rings (SSSR count). The van der Waals surface area contributed by atoms with E-state index in [1.54, 1.807) is 0 Å². The second-order valence-corrected chi connectivity index (χ2v) is 5.58. The molecule has 0 amide bonds. The van der Waals surface area contributed by atoms with Crippen molar-refractivity contribution in [1.29, 1.82) is 0 Å². The average Bonchev–Trinajstić information content (AvgIpc) is 1.63. The molecule has 0 nitrogen and oxygen atoms in total. The van der Waals surface area contributed by atoms with Gasteiger partial charge in [0.25, 0.3) is 0 Å². The molecule has 0 spiro atoms. The first-order valence-corrected chi connectivity index (χ1v) is 6.13. The van der Waals surface area contributed by atoms with Gasteiger partial charge in [-0.1, -0.05) is 50.1 Å². The van der Waals surface area contributed by atoms with Gasteiger partial charge >= 0.3 is 0 Å². The summed E-state index contributed by atoms with van der Waals surface area (Å²) >= 11 is 0.316. The Morgan fingerprint density at radius 1 is 0.900 bits per heavy atom. The topological polar surface area (TPSA) is 0 Å². The molecule has 0 heterocycles. The molecular formula is C8H19AlNa. The van der Waals surface area contributed by atoms with Gasteiger partial charge in [0.1, 0.15) is 0 Å². The molecule has 0 saturated heterocycles. The summed E-state index contributed by atoms with van der Waals surface area (Å²) in [5.41, 5.74) is 0. The van der Waals surface area contributed by atoms with Gasteiger partial charge in [0, 0.05) is 29.6 Å². The Hall–Kier alpha value is 1.53. The maximum Gasteiger partial charge on any atom is 0.237 e. The first-order chi connectivity index (χ1) is 4.13. The molecule has 0 aliphatic heterocycles. The van der Waals surface area contributed by atoms with Crippen LogP contribution in [0, 0.1) is 11.8 Å². The summed E-state index contributed by atoms with van der Waals surface area (Å²) in [6.45, 7) is 9.31. The smallest absolute Gasteiger partial charge is 0.0950 e. The van der Waals surface area contributed by atoms with Crippen molar-refractivity contribution >= 4 is 44.8 Å². The van der Waals surface area contributed by atoms with Crippen LogP contribution in [-0.4, -0.2) is 44.8 Å². The minimum atomic E-state index is 0. The van der Waals surface area contributed by atoms with Gasteiger partial charge in [0.15, 0.2) is 0 Å². The van der Waals surface area contributed by atoms with Crippen molar-refractivity contribution in [2.75, 3.05) is 0 Å². The van der Waals surface area contributed by atoms with Crippen LogP contribution in [-0.2, 0) is 0 Å². The minimum Gasteiger partial charge on any atom is -0.0950 e. The number of hydrogen-bond donors (Lipinski definition) is 0. The van der Waals surface area contributed by atoms with E-state index < -0.39 is 0 Å². The van der Waals surface area contributed by atoms with E-state index >= 15 is 0 Å². The summed E-state index contributed by atoms with van der Waals surface area (Å²) in [6, 6.07) is 0. The largest absolute Gasteiger partial charge is 0.237 e. The van der Waals surface area contributed by atoms with Crippen LogP contribution in [0.2, 0.25) is 10.6 Å². The van der Waals surface area contributed by atoms with E-state index in [-0.39, 0.29) is 29.6 Å². The SMILES string of the molecule is CC(C)[CH2][AlH][CH2]C(C)C.[Na]. The number of hydrogen-bond acceptors (Lipinski definition) is 0. The van der Waals surface area contributed by atoms with E-state index in [2.05, 4.69) is 27.7 Å². The van der Waals surface area contributed by atoms with E-state index in [1.165, 1.54) is 10.6 Å². The minimum absolute atomic E-state index is 0. The van der Waals surface area contributed by atoms with Crippen molar-refractivity contribution in [3.05, 3.63) is 0 Å². The maximum absolute atomic E-state index is 2.33. The number of rotatable bonds is 4. The summed E-state index contributed by atoms with van der Waals surface area (Å²) in [5, 5.41) is 3.08. The molecule has 1 radical (unpaired) electrons. The molecule has 55 valence electrons. The van der Waals surface area contributed by atoms with Gasteiger partial charge < -0.3 is 0 Å². The molecule has 0 bridgehead atoms. The van der Waals surface area contributed by atoms with Gasteiger partial charge in [-0.15, -0.1) is 0 Å². The van der Waals surface area contributed by atoms with Crippen molar-refractivity contribution in [3.8, 4) is 0 Å². The van der Waals surface area contributed by atoms with Crippen molar-refractivity contribution in [3.63, 3.8) is 0 Å². The average molecular weight is 165 g/mol. The molecular weight excluding hydrogens is 146 g/mol. The summed E-state index contributed by atoms with van der Waals surface area (Å²) in [6.07, 6.45) is 0. The van der Waals surface area contributed by atoms with Crippen LogP contribution in [0.15, 0.2) is 0 Å². The zero-order chi connectivity index (χ0) is 7.28. The molecule has 0 atom stereocenters. The second-order valence-electron chi connectivity index (χ2n) is 3.72. The zero-order valence-corrected chi connectivity index (χ0v) is 11.7. The summed E-state index contributed by atoms with van der Waals surface area (Å²) < 4.78 is 0. The molecule has 2 heteroatoms.